The van der Waals surface area contributed by atoms with Gasteiger partial charge in [-0.2, -0.15) is 0 Å². The number of hydrogen-bond donors (Lipinski definition) is 3. The molecule has 0 aliphatic carbocycles. The molecule has 23 heavy (non-hydrogen) atoms. The van der Waals surface area contributed by atoms with Gasteiger partial charge in [-0.3, -0.25) is 4.79 Å². The smallest absolute Gasteiger partial charge is 0.227 e. The van der Waals surface area contributed by atoms with E-state index >= 15 is 0 Å². The molecule has 6 heteroatoms. The van der Waals surface area contributed by atoms with Gasteiger partial charge in [0, 0.05) is 56.4 Å². The van der Waals surface area contributed by atoms with Crippen molar-refractivity contribution in [3.8, 4) is 5.75 Å². The van der Waals surface area contributed by atoms with Crippen molar-refractivity contribution in [1.82, 2.24) is 20.5 Å². The molecule has 2 heterocycles. The first-order valence-corrected chi connectivity index (χ1v) is 8.11. The number of aromatic nitrogens is 1. The Balaban J connectivity index is 1.73. The second kappa shape index (κ2) is 7.48. The van der Waals surface area contributed by atoms with E-state index in [0.29, 0.717) is 6.42 Å². The van der Waals surface area contributed by atoms with Gasteiger partial charge < -0.3 is 25.3 Å². The van der Waals surface area contributed by atoms with Crippen LogP contribution < -0.4 is 15.4 Å². The van der Waals surface area contributed by atoms with Crippen molar-refractivity contribution in [2.75, 3.05) is 46.4 Å². The SMILES string of the molecule is COc1ccc2[nH]cc(CC(=O)N3CCNCCNCC3)c2c1. The number of carbonyl (C=O) groups is 1. The fraction of sp³-hybridized carbons (Fsp3) is 0.471. The van der Waals surface area contributed by atoms with Crippen LogP contribution in [0.3, 0.4) is 0 Å². The average Bonchev–Trinajstić information content (AvgIpc) is 3.02. The summed E-state index contributed by atoms with van der Waals surface area (Å²) in [4.78, 5) is 17.8. The molecule has 0 saturated carbocycles. The van der Waals surface area contributed by atoms with Gasteiger partial charge in [0.2, 0.25) is 5.91 Å². The van der Waals surface area contributed by atoms with Crippen LogP contribution in [0, 0.1) is 0 Å². The summed E-state index contributed by atoms with van der Waals surface area (Å²) in [6, 6.07) is 5.88. The van der Waals surface area contributed by atoms with Gasteiger partial charge in [-0.05, 0) is 23.8 Å². The third-order valence-corrected chi connectivity index (χ3v) is 4.26. The molecule has 0 radical (unpaired) electrons. The van der Waals surface area contributed by atoms with Crippen molar-refractivity contribution in [3.63, 3.8) is 0 Å². The van der Waals surface area contributed by atoms with Crippen LogP contribution in [0.2, 0.25) is 0 Å². The van der Waals surface area contributed by atoms with Gasteiger partial charge >= 0.3 is 0 Å². The molecule has 0 spiro atoms. The van der Waals surface area contributed by atoms with E-state index in [0.717, 1.165) is 61.5 Å². The first-order valence-electron chi connectivity index (χ1n) is 8.11. The summed E-state index contributed by atoms with van der Waals surface area (Å²) in [5, 5.41) is 7.73. The van der Waals surface area contributed by atoms with E-state index in [1.54, 1.807) is 7.11 Å². The van der Waals surface area contributed by atoms with Crippen LogP contribution in [-0.4, -0.2) is 62.2 Å². The predicted molar refractivity (Wildman–Crippen MR) is 90.9 cm³/mol. The van der Waals surface area contributed by atoms with Crippen LogP contribution in [0.5, 0.6) is 5.75 Å². The fourth-order valence-electron chi connectivity index (χ4n) is 2.92. The number of ether oxygens (including phenoxy) is 1. The van der Waals surface area contributed by atoms with E-state index in [1.807, 2.05) is 29.3 Å². The molecule has 3 rings (SSSR count). The van der Waals surface area contributed by atoms with E-state index in [-0.39, 0.29) is 5.91 Å². The van der Waals surface area contributed by atoms with Gasteiger partial charge in [-0.25, -0.2) is 0 Å². The minimum absolute atomic E-state index is 0.166. The Morgan fingerprint density at radius 3 is 2.61 bits per heavy atom. The van der Waals surface area contributed by atoms with Crippen molar-refractivity contribution in [2.24, 2.45) is 0 Å². The molecular formula is C17H24N4O2. The highest BCUT2D eigenvalue weighted by Crippen LogP contribution is 2.24. The molecule has 6 nitrogen and oxygen atoms in total. The van der Waals surface area contributed by atoms with Gasteiger partial charge in [-0.1, -0.05) is 0 Å². The lowest BCUT2D eigenvalue weighted by atomic mass is 10.1. The molecule has 1 aromatic carbocycles. The van der Waals surface area contributed by atoms with Crippen LogP contribution in [0.15, 0.2) is 24.4 Å². The van der Waals surface area contributed by atoms with Gasteiger partial charge in [-0.15, -0.1) is 0 Å². The number of hydrogen-bond acceptors (Lipinski definition) is 4. The van der Waals surface area contributed by atoms with Gasteiger partial charge in [0.25, 0.3) is 0 Å². The molecule has 1 aromatic heterocycles. The Labute approximate surface area is 136 Å². The highest BCUT2D eigenvalue weighted by Gasteiger charge is 2.16. The summed E-state index contributed by atoms with van der Waals surface area (Å²) in [7, 11) is 1.65. The quantitative estimate of drug-likeness (QED) is 0.781. The molecule has 0 bridgehead atoms. The van der Waals surface area contributed by atoms with Crippen LogP contribution >= 0.6 is 0 Å². The molecule has 0 atom stereocenters. The topological polar surface area (TPSA) is 69.4 Å². The average molecular weight is 316 g/mol. The number of amides is 1. The molecule has 1 saturated heterocycles. The van der Waals surface area contributed by atoms with Crippen LogP contribution in [0.25, 0.3) is 10.9 Å². The van der Waals surface area contributed by atoms with Crippen LogP contribution in [0.4, 0.5) is 0 Å². The Bertz CT molecular complexity index is 658. The Morgan fingerprint density at radius 1 is 1.17 bits per heavy atom. The highest BCUT2D eigenvalue weighted by molar-refractivity contribution is 5.89. The number of nitrogens with one attached hydrogen (secondary N) is 3. The van der Waals surface area contributed by atoms with Crippen LogP contribution in [0.1, 0.15) is 5.56 Å². The van der Waals surface area contributed by atoms with Gasteiger partial charge in [0.05, 0.1) is 13.5 Å². The van der Waals surface area contributed by atoms with E-state index in [2.05, 4.69) is 15.6 Å². The maximum Gasteiger partial charge on any atom is 0.227 e. The normalized spacial score (nSPS) is 16.7. The lowest BCUT2D eigenvalue weighted by Crippen LogP contribution is -2.39. The predicted octanol–water partition coefficient (Wildman–Crippen LogP) is 0.740. The van der Waals surface area contributed by atoms with Crippen molar-refractivity contribution in [2.45, 2.75) is 6.42 Å². The molecule has 3 N–H and O–H groups in total. The van der Waals surface area contributed by atoms with Gasteiger partial charge in [0.15, 0.2) is 0 Å². The maximum atomic E-state index is 12.7. The number of carbonyl (C=O) groups excluding carboxylic acids is 1. The van der Waals surface area contributed by atoms with Gasteiger partial charge in [0.1, 0.15) is 5.75 Å². The van der Waals surface area contributed by atoms with Crippen molar-refractivity contribution in [3.05, 3.63) is 30.0 Å². The zero-order valence-corrected chi connectivity index (χ0v) is 13.5. The number of fused-ring (bicyclic) bond motifs is 1. The summed E-state index contributed by atoms with van der Waals surface area (Å²) in [6.45, 7) is 5.09. The summed E-state index contributed by atoms with van der Waals surface area (Å²) in [6.07, 6.45) is 2.34. The third kappa shape index (κ3) is 3.83. The lowest BCUT2D eigenvalue weighted by Gasteiger charge is -2.22. The summed E-state index contributed by atoms with van der Waals surface area (Å²) >= 11 is 0. The fourth-order valence-corrected chi connectivity index (χ4v) is 2.92. The number of rotatable bonds is 3. The minimum atomic E-state index is 0.166. The monoisotopic (exact) mass is 316 g/mol. The molecular weight excluding hydrogens is 292 g/mol. The molecule has 1 aliphatic heterocycles. The summed E-state index contributed by atoms with van der Waals surface area (Å²) < 4.78 is 5.29. The van der Waals surface area contributed by atoms with E-state index < -0.39 is 0 Å². The molecule has 1 amide bonds. The third-order valence-electron chi connectivity index (χ3n) is 4.26. The van der Waals surface area contributed by atoms with Crippen molar-refractivity contribution < 1.29 is 9.53 Å². The maximum absolute atomic E-state index is 12.7. The standard InChI is InChI=1S/C17H24N4O2/c1-23-14-2-3-16-15(11-14)13(12-20-16)10-17(22)21-8-6-18-4-5-19-7-9-21/h2-3,11-12,18-20H,4-10H2,1H3. The second-order valence-electron chi connectivity index (χ2n) is 5.78. The Hall–Kier alpha value is -2.05. The number of H-pyrrole nitrogens is 1. The first kappa shape index (κ1) is 15.8. The summed E-state index contributed by atoms with van der Waals surface area (Å²) in [5.41, 5.74) is 2.05. The molecule has 1 fully saturated rings. The first-order chi connectivity index (χ1) is 11.3. The molecule has 0 unspecified atom stereocenters. The number of nitrogens with zero attached hydrogens (tertiary/aromatic N) is 1. The largest absolute Gasteiger partial charge is 0.497 e. The molecule has 2 aromatic rings. The zero-order chi connectivity index (χ0) is 16.1. The number of benzene rings is 1. The number of methoxy groups -OCH3 is 1. The van der Waals surface area contributed by atoms with E-state index in [4.69, 9.17) is 4.74 Å². The lowest BCUT2D eigenvalue weighted by molar-refractivity contribution is -0.130. The van der Waals surface area contributed by atoms with Crippen molar-refractivity contribution >= 4 is 16.8 Å². The molecule has 1 aliphatic rings. The van der Waals surface area contributed by atoms with Crippen LogP contribution in [-0.2, 0) is 11.2 Å². The Kier molecular flexibility index (Phi) is 5.15. The minimum Gasteiger partial charge on any atom is -0.497 e. The molecule has 124 valence electrons. The number of aromatic amines is 1. The summed E-state index contributed by atoms with van der Waals surface area (Å²) in [5.74, 6) is 0.973. The second-order valence-corrected chi connectivity index (χ2v) is 5.78. The van der Waals surface area contributed by atoms with E-state index in [1.165, 1.54) is 0 Å². The van der Waals surface area contributed by atoms with E-state index in [9.17, 15) is 4.79 Å². The highest BCUT2D eigenvalue weighted by atomic mass is 16.5. The zero-order valence-electron chi connectivity index (χ0n) is 13.5. The van der Waals surface area contributed by atoms with Crippen molar-refractivity contribution in [1.29, 1.82) is 0 Å². The Morgan fingerprint density at radius 2 is 1.91 bits per heavy atom.